The summed E-state index contributed by atoms with van der Waals surface area (Å²) in [6.07, 6.45) is 0.134. The van der Waals surface area contributed by atoms with Crippen molar-refractivity contribution in [3.8, 4) is 0 Å². The molecule has 2 amide bonds. The molecule has 0 aromatic heterocycles. The Morgan fingerprint density at radius 1 is 1.08 bits per heavy atom. The molecule has 2 rings (SSSR count). The molecule has 0 radical (unpaired) electrons. The quantitative estimate of drug-likeness (QED) is 0.620. The molecule has 0 aliphatic heterocycles. The molecule has 2 aromatic rings. The van der Waals surface area contributed by atoms with Crippen LogP contribution in [0, 0.1) is 0 Å². The Morgan fingerprint density at radius 2 is 1.80 bits per heavy atom. The van der Waals surface area contributed by atoms with Gasteiger partial charge in [0.15, 0.2) is 6.04 Å². The van der Waals surface area contributed by atoms with E-state index in [0.29, 0.717) is 0 Å². The molecule has 132 valence electrons. The Kier molecular flexibility index (Phi) is 6.47. The maximum atomic E-state index is 12.1. The average molecular weight is 344 g/mol. The van der Waals surface area contributed by atoms with E-state index >= 15 is 0 Å². The van der Waals surface area contributed by atoms with Gasteiger partial charge in [0.25, 0.3) is 0 Å². The highest BCUT2D eigenvalue weighted by atomic mass is 16.5. The van der Waals surface area contributed by atoms with E-state index in [1.807, 2.05) is 42.5 Å². The molecule has 0 fully saturated rings. The minimum Gasteiger partial charge on any atom is -0.467 e. The summed E-state index contributed by atoms with van der Waals surface area (Å²) in [5, 5.41) is 15.9. The molecule has 0 aliphatic carbocycles. The summed E-state index contributed by atoms with van der Waals surface area (Å²) >= 11 is 0. The van der Waals surface area contributed by atoms with Crippen LogP contribution in [0.2, 0.25) is 0 Å². The minimum atomic E-state index is -1.15. The highest BCUT2D eigenvalue weighted by molar-refractivity contribution is 5.92. The van der Waals surface area contributed by atoms with Crippen LogP contribution in [0.4, 0.5) is 0 Å². The maximum Gasteiger partial charge on any atom is 0.330 e. The Bertz CT molecular complexity index is 770. The van der Waals surface area contributed by atoms with E-state index in [1.54, 1.807) is 0 Å². The number of methoxy groups -OCH3 is 1. The summed E-state index contributed by atoms with van der Waals surface area (Å²) in [6.45, 7) is -0.876. The molecule has 7 nitrogen and oxygen atoms in total. The number of hydrogen-bond acceptors (Lipinski definition) is 5. The van der Waals surface area contributed by atoms with Crippen LogP contribution in [-0.2, 0) is 25.5 Å². The van der Waals surface area contributed by atoms with Gasteiger partial charge in [0, 0.05) is 0 Å². The van der Waals surface area contributed by atoms with Gasteiger partial charge in [-0.25, -0.2) is 4.79 Å². The average Bonchev–Trinajstić information content (AvgIpc) is 2.64. The zero-order valence-electron chi connectivity index (χ0n) is 13.8. The van der Waals surface area contributed by atoms with E-state index in [1.165, 1.54) is 0 Å². The van der Waals surface area contributed by atoms with Crippen LogP contribution in [0.15, 0.2) is 42.5 Å². The third-order valence-corrected chi connectivity index (χ3v) is 3.68. The Labute approximate surface area is 145 Å². The zero-order valence-corrected chi connectivity index (χ0v) is 13.8. The van der Waals surface area contributed by atoms with Crippen LogP contribution >= 0.6 is 0 Å². The molecule has 0 saturated heterocycles. The number of ether oxygens (including phenoxy) is 1. The van der Waals surface area contributed by atoms with E-state index in [9.17, 15) is 14.4 Å². The summed E-state index contributed by atoms with van der Waals surface area (Å²) in [7, 11) is 1.16. The lowest BCUT2D eigenvalue weighted by atomic mass is 10.0. The number of hydrogen-bond donors (Lipinski definition) is 3. The van der Waals surface area contributed by atoms with Gasteiger partial charge in [-0.05, 0) is 16.3 Å². The Morgan fingerprint density at radius 3 is 2.52 bits per heavy atom. The van der Waals surface area contributed by atoms with Crippen molar-refractivity contribution in [3.63, 3.8) is 0 Å². The second kappa shape index (κ2) is 8.79. The number of rotatable bonds is 7. The largest absolute Gasteiger partial charge is 0.467 e. The van der Waals surface area contributed by atoms with E-state index in [0.717, 1.165) is 23.4 Å². The lowest BCUT2D eigenvalue weighted by Gasteiger charge is -2.14. The predicted molar refractivity (Wildman–Crippen MR) is 91.7 cm³/mol. The molecule has 1 atom stereocenters. The third kappa shape index (κ3) is 5.02. The monoisotopic (exact) mass is 344 g/mol. The van der Waals surface area contributed by atoms with Crippen molar-refractivity contribution in [2.75, 3.05) is 20.3 Å². The Balaban J connectivity index is 1.90. The predicted octanol–water partition coefficient (Wildman–Crippen LogP) is 0.149. The van der Waals surface area contributed by atoms with Gasteiger partial charge in [0.2, 0.25) is 11.8 Å². The topological polar surface area (TPSA) is 105 Å². The number of amides is 2. The summed E-state index contributed by atoms with van der Waals surface area (Å²) in [4.78, 5) is 35.1. The number of fused-ring (bicyclic) bond motifs is 1. The van der Waals surface area contributed by atoms with Crippen molar-refractivity contribution in [1.82, 2.24) is 10.6 Å². The fourth-order valence-electron chi connectivity index (χ4n) is 2.43. The van der Waals surface area contributed by atoms with Crippen LogP contribution in [0.25, 0.3) is 10.8 Å². The lowest BCUT2D eigenvalue weighted by molar-refractivity contribution is -0.146. The maximum absolute atomic E-state index is 12.1. The molecule has 0 bridgehead atoms. The third-order valence-electron chi connectivity index (χ3n) is 3.68. The number of nitrogens with one attached hydrogen (secondary N) is 2. The van der Waals surface area contributed by atoms with Crippen LogP contribution in [0.1, 0.15) is 5.56 Å². The second-order valence-corrected chi connectivity index (χ2v) is 5.42. The van der Waals surface area contributed by atoms with E-state index in [4.69, 9.17) is 5.11 Å². The van der Waals surface area contributed by atoms with Crippen molar-refractivity contribution < 1.29 is 24.2 Å². The van der Waals surface area contributed by atoms with Gasteiger partial charge in [0.1, 0.15) is 0 Å². The van der Waals surface area contributed by atoms with Crippen molar-refractivity contribution in [2.45, 2.75) is 12.5 Å². The van der Waals surface area contributed by atoms with Crippen molar-refractivity contribution in [1.29, 1.82) is 0 Å². The molecule has 25 heavy (non-hydrogen) atoms. The first-order valence-electron chi connectivity index (χ1n) is 7.76. The fraction of sp³-hybridized carbons (Fsp3) is 0.278. The van der Waals surface area contributed by atoms with Crippen molar-refractivity contribution >= 4 is 28.6 Å². The molecule has 3 N–H and O–H groups in total. The van der Waals surface area contributed by atoms with E-state index in [-0.39, 0.29) is 18.9 Å². The number of aliphatic hydroxyl groups excluding tert-OH is 1. The molecule has 0 heterocycles. The Hall–Kier alpha value is -2.93. The zero-order chi connectivity index (χ0) is 18.2. The minimum absolute atomic E-state index is 0.134. The number of benzene rings is 2. The van der Waals surface area contributed by atoms with Gasteiger partial charge in [-0.2, -0.15) is 0 Å². The SMILES string of the molecule is COC(=O)[C@H](CO)NC(=O)CNC(=O)Cc1cccc2ccccc12. The van der Waals surface area contributed by atoms with Crippen molar-refractivity contribution in [2.24, 2.45) is 0 Å². The van der Waals surface area contributed by atoms with Crippen LogP contribution in [0.3, 0.4) is 0 Å². The van der Waals surface area contributed by atoms with E-state index < -0.39 is 24.5 Å². The summed E-state index contributed by atoms with van der Waals surface area (Å²) in [5.74, 6) is -1.65. The number of esters is 1. The smallest absolute Gasteiger partial charge is 0.330 e. The van der Waals surface area contributed by atoms with E-state index in [2.05, 4.69) is 15.4 Å². The summed E-state index contributed by atoms with van der Waals surface area (Å²) < 4.78 is 4.45. The first-order chi connectivity index (χ1) is 12.0. The molecular weight excluding hydrogens is 324 g/mol. The van der Waals surface area contributed by atoms with Crippen LogP contribution in [0.5, 0.6) is 0 Å². The summed E-state index contributed by atoms with van der Waals surface area (Å²) in [6, 6.07) is 12.3. The van der Waals surface area contributed by atoms with Gasteiger partial charge in [0.05, 0.1) is 26.7 Å². The first kappa shape index (κ1) is 18.4. The molecule has 0 saturated carbocycles. The van der Waals surface area contributed by atoms with Gasteiger partial charge in [-0.3, -0.25) is 9.59 Å². The molecule has 2 aromatic carbocycles. The van der Waals surface area contributed by atoms with Crippen LogP contribution < -0.4 is 10.6 Å². The molecule has 0 aliphatic rings. The molecule has 7 heteroatoms. The molecule has 0 unspecified atom stereocenters. The molecule has 0 spiro atoms. The standard InChI is InChI=1S/C18H20N2O5/c1-25-18(24)15(11-21)20-17(23)10-19-16(22)9-13-7-4-6-12-5-2-3-8-14(12)13/h2-8,15,21H,9-11H2,1H3,(H,19,22)(H,20,23)/t15-/m0/s1. The normalized spacial score (nSPS) is 11.6. The highest BCUT2D eigenvalue weighted by Crippen LogP contribution is 2.18. The fourth-order valence-corrected chi connectivity index (χ4v) is 2.43. The summed E-state index contributed by atoms with van der Waals surface area (Å²) in [5.41, 5.74) is 0.860. The second-order valence-electron chi connectivity index (χ2n) is 5.42. The number of carbonyl (C=O) groups is 3. The van der Waals surface area contributed by atoms with Gasteiger partial charge >= 0.3 is 5.97 Å². The number of aliphatic hydroxyl groups is 1. The van der Waals surface area contributed by atoms with Gasteiger partial charge in [-0.1, -0.05) is 42.5 Å². The number of carbonyl (C=O) groups excluding carboxylic acids is 3. The lowest BCUT2D eigenvalue weighted by Crippen LogP contribution is -2.47. The van der Waals surface area contributed by atoms with Crippen molar-refractivity contribution in [3.05, 3.63) is 48.0 Å². The van der Waals surface area contributed by atoms with Crippen LogP contribution in [-0.4, -0.2) is 49.2 Å². The van der Waals surface area contributed by atoms with Gasteiger partial charge in [-0.15, -0.1) is 0 Å². The highest BCUT2D eigenvalue weighted by Gasteiger charge is 2.20. The first-order valence-corrected chi connectivity index (χ1v) is 7.76. The molecular formula is C18H20N2O5. The van der Waals surface area contributed by atoms with Gasteiger partial charge < -0.3 is 20.5 Å².